The molecule has 0 unspecified atom stereocenters. The van der Waals surface area contributed by atoms with Gasteiger partial charge in [0.05, 0.1) is 41.9 Å². The first-order valence-electron chi connectivity index (χ1n) is 9.40. The van der Waals surface area contributed by atoms with Crippen molar-refractivity contribution in [3.05, 3.63) is 40.0 Å². The maximum atomic E-state index is 12.4. The van der Waals surface area contributed by atoms with Crippen LogP contribution in [0.5, 0.6) is 0 Å². The number of carbonyl (C=O) groups excluding carboxylic acids is 1. The molecule has 1 saturated heterocycles. The Balaban J connectivity index is 1.52. The first kappa shape index (κ1) is 21.2. The second-order valence-corrected chi connectivity index (χ2v) is 8.24. The van der Waals surface area contributed by atoms with E-state index in [2.05, 4.69) is 20.3 Å². The van der Waals surface area contributed by atoms with Crippen molar-refractivity contribution in [2.24, 2.45) is 0 Å². The minimum atomic E-state index is -0.285. The van der Waals surface area contributed by atoms with Crippen LogP contribution in [0.4, 0.5) is 5.82 Å². The molecule has 0 aliphatic carbocycles. The average molecular weight is 467 g/mol. The molecule has 8 nitrogen and oxygen atoms in total. The number of thioether (sulfide) groups is 1. The van der Waals surface area contributed by atoms with E-state index in [4.69, 9.17) is 32.9 Å². The zero-order valence-corrected chi connectivity index (χ0v) is 18.6. The average Bonchev–Trinajstić information content (AvgIpc) is 3.18. The van der Waals surface area contributed by atoms with Gasteiger partial charge in [0, 0.05) is 24.7 Å². The van der Waals surface area contributed by atoms with E-state index in [1.807, 2.05) is 6.26 Å². The molecule has 1 aliphatic rings. The van der Waals surface area contributed by atoms with Gasteiger partial charge in [-0.1, -0.05) is 35.0 Å². The van der Waals surface area contributed by atoms with Gasteiger partial charge in [-0.2, -0.15) is 5.10 Å². The van der Waals surface area contributed by atoms with Crippen molar-refractivity contribution in [3.63, 3.8) is 0 Å². The van der Waals surface area contributed by atoms with E-state index in [9.17, 15) is 4.79 Å². The number of ether oxygens (including phenoxy) is 1. The molecule has 0 atom stereocenters. The van der Waals surface area contributed by atoms with Gasteiger partial charge in [-0.3, -0.25) is 4.79 Å². The van der Waals surface area contributed by atoms with E-state index in [1.165, 1.54) is 11.8 Å². The van der Waals surface area contributed by atoms with Crippen molar-refractivity contribution in [1.82, 2.24) is 25.1 Å². The molecule has 0 spiro atoms. The maximum absolute atomic E-state index is 12.4. The monoisotopic (exact) mass is 466 g/mol. The van der Waals surface area contributed by atoms with Gasteiger partial charge in [-0.05, 0) is 24.5 Å². The number of halogens is 2. The van der Waals surface area contributed by atoms with Crippen molar-refractivity contribution >= 4 is 57.7 Å². The number of amides is 1. The van der Waals surface area contributed by atoms with Crippen LogP contribution in [0.3, 0.4) is 0 Å². The molecular formula is C19H20Cl2N6O2S. The summed E-state index contributed by atoms with van der Waals surface area (Å²) in [6, 6.07) is 4.80. The summed E-state index contributed by atoms with van der Waals surface area (Å²) < 4.78 is 7.23. The Kier molecular flexibility index (Phi) is 6.62. The summed E-state index contributed by atoms with van der Waals surface area (Å²) in [5.41, 5.74) is 1.09. The molecule has 0 radical (unpaired) electrons. The number of nitrogens with one attached hydrogen (secondary N) is 1. The Morgan fingerprint density at radius 2 is 2.07 bits per heavy atom. The second kappa shape index (κ2) is 9.38. The second-order valence-electron chi connectivity index (χ2n) is 6.62. The third-order valence-electron chi connectivity index (χ3n) is 4.73. The minimum Gasteiger partial charge on any atom is -0.378 e. The molecule has 1 amide bonds. The van der Waals surface area contributed by atoms with Crippen molar-refractivity contribution in [2.45, 2.75) is 11.7 Å². The Labute approximate surface area is 187 Å². The fraction of sp³-hybridized carbons (Fsp3) is 0.368. The van der Waals surface area contributed by atoms with Crippen molar-refractivity contribution in [3.8, 4) is 0 Å². The first-order chi connectivity index (χ1) is 14.6. The van der Waals surface area contributed by atoms with E-state index < -0.39 is 0 Å². The van der Waals surface area contributed by atoms with Crippen molar-refractivity contribution < 1.29 is 9.53 Å². The molecule has 3 aromatic rings. The summed E-state index contributed by atoms with van der Waals surface area (Å²) in [5.74, 6) is 0.584. The van der Waals surface area contributed by atoms with Crippen LogP contribution >= 0.6 is 35.0 Å². The highest BCUT2D eigenvalue weighted by Crippen LogP contribution is 2.27. The van der Waals surface area contributed by atoms with Gasteiger partial charge in [-0.25, -0.2) is 14.6 Å². The Morgan fingerprint density at radius 1 is 1.27 bits per heavy atom. The van der Waals surface area contributed by atoms with Crippen molar-refractivity contribution in [2.75, 3.05) is 44.0 Å². The predicted molar refractivity (Wildman–Crippen MR) is 119 cm³/mol. The SMILES string of the molecule is CSc1nc(N2CCOCC2)c2cnn(CCNC(=O)c3cc(Cl)ccc3Cl)c2n1. The van der Waals surface area contributed by atoms with Crippen molar-refractivity contribution in [1.29, 1.82) is 0 Å². The van der Waals surface area contributed by atoms with Crippen LogP contribution in [0.2, 0.25) is 10.0 Å². The number of hydrogen-bond acceptors (Lipinski definition) is 7. The highest BCUT2D eigenvalue weighted by Gasteiger charge is 2.20. The highest BCUT2D eigenvalue weighted by atomic mass is 35.5. The van der Waals surface area contributed by atoms with Crippen LogP contribution in [-0.4, -0.2) is 64.8 Å². The van der Waals surface area contributed by atoms with Crippen LogP contribution in [0.1, 0.15) is 10.4 Å². The number of carbonyl (C=O) groups is 1. The van der Waals surface area contributed by atoms with Gasteiger partial charge < -0.3 is 15.0 Å². The van der Waals surface area contributed by atoms with E-state index in [0.29, 0.717) is 47.1 Å². The zero-order chi connectivity index (χ0) is 21.1. The standard InChI is InChI=1S/C19H20Cl2N6O2S/c1-30-19-24-16(26-6-8-29-9-7-26)14-11-23-27(17(14)25-19)5-4-22-18(28)13-10-12(20)2-3-15(13)21/h2-3,10-11H,4-9H2,1H3,(H,22,28). The smallest absolute Gasteiger partial charge is 0.252 e. The molecule has 1 aromatic carbocycles. The predicted octanol–water partition coefficient (Wildman–Crippen LogP) is 3.12. The van der Waals surface area contributed by atoms with Gasteiger partial charge >= 0.3 is 0 Å². The molecule has 2 aromatic heterocycles. The minimum absolute atomic E-state index is 0.285. The molecule has 3 heterocycles. The molecule has 158 valence electrons. The number of morpholine rings is 1. The Hall–Kier alpha value is -2.07. The lowest BCUT2D eigenvalue weighted by Gasteiger charge is -2.28. The van der Waals surface area contributed by atoms with E-state index in [-0.39, 0.29) is 5.91 Å². The lowest BCUT2D eigenvalue weighted by Crippen LogP contribution is -2.37. The molecule has 11 heteroatoms. The van der Waals surface area contributed by atoms with Gasteiger partial charge in [-0.15, -0.1) is 0 Å². The van der Waals surface area contributed by atoms with E-state index in [0.717, 1.165) is 29.9 Å². The Morgan fingerprint density at radius 3 is 2.83 bits per heavy atom. The zero-order valence-electron chi connectivity index (χ0n) is 16.3. The van der Waals surface area contributed by atoms with Gasteiger partial charge in [0.25, 0.3) is 5.91 Å². The quantitative estimate of drug-likeness (QED) is 0.441. The van der Waals surface area contributed by atoms with E-state index >= 15 is 0 Å². The number of anilines is 1. The first-order valence-corrected chi connectivity index (χ1v) is 11.4. The summed E-state index contributed by atoms with van der Waals surface area (Å²) in [7, 11) is 0. The fourth-order valence-corrected chi connectivity index (χ4v) is 3.97. The molecule has 0 saturated carbocycles. The van der Waals surface area contributed by atoms with Crippen LogP contribution < -0.4 is 10.2 Å². The maximum Gasteiger partial charge on any atom is 0.252 e. The summed E-state index contributed by atoms with van der Waals surface area (Å²) in [4.78, 5) is 24.0. The number of rotatable bonds is 6. The largest absolute Gasteiger partial charge is 0.378 e. The molecule has 0 bridgehead atoms. The molecule has 1 aliphatic heterocycles. The topological polar surface area (TPSA) is 85.2 Å². The van der Waals surface area contributed by atoms with Crippen LogP contribution in [0, 0.1) is 0 Å². The van der Waals surface area contributed by atoms with Crippen LogP contribution in [-0.2, 0) is 11.3 Å². The third-order valence-corrected chi connectivity index (χ3v) is 5.84. The van der Waals surface area contributed by atoms with Crippen LogP contribution in [0.25, 0.3) is 11.0 Å². The third kappa shape index (κ3) is 4.49. The number of fused-ring (bicyclic) bond motifs is 1. The number of aromatic nitrogens is 4. The molecule has 1 fully saturated rings. The summed E-state index contributed by atoms with van der Waals surface area (Å²) in [6.45, 7) is 3.73. The van der Waals surface area contributed by atoms with Crippen LogP contribution in [0.15, 0.2) is 29.6 Å². The Bertz CT molecular complexity index is 1070. The lowest BCUT2D eigenvalue weighted by atomic mass is 10.2. The molecule has 4 rings (SSSR count). The highest BCUT2D eigenvalue weighted by molar-refractivity contribution is 7.98. The molecule has 1 N–H and O–H groups in total. The number of hydrogen-bond donors (Lipinski definition) is 1. The number of nitrogens with zero attached hydrogens (tertiary/aromatic N) is 5. The fourth-order valence-electron chi connectivity index (χ4n) is 3.23. The van der Waals surface area contributed by atoms with Gasteiger partial charge in [0.1, 0.15) is 5.82 Å². The lowest BCUT2D eigenvalue weighted by molar-refractivity contribution is 0.0952. The normalized spacial score (nSPS) is 14.3. The molecular weight excluding hydrogens is 447 g/mol. The molecule has 30 heavy (non-hydrogen) atoms. The summed E-state index contributed by atoms with van der Waals surface area (Å²) >= 11 is 13.6. The van der Waals surface area contributed by atoms with Gasteiger partial charge in [0.2, 0.25) is 0 Å². The van der Waals surface area contributed by atoms with Gasteiger partial charge in [0.15, 0.2) is 10.8 Å². The number of benzene rings is 1. The summed E-state index contributed by atoms with van der Waals surface area (Å²) in [6.07, 6.45) is 3.72. The summed E-state index contributed by atoms with van der Waals surface area (Å²) in [5, 5.41) is 9.72. The van der Waals surface area contributed by atoms with E-state index in [1.54, 1.807) is 29.1 Å².